The second kappa shape index (κ2) is 6.98. The molecule has 0 amide bonds. The van der Waals surface area contributed by atoms with Crippen LogP contribution in [-0.4, -0.2) is 24.3 Å². The highest BCUT2D eigenvalue weighted by Crippen LogP contribution is 2.14. The Balaban J connectivity index is 1.83. The smallest absolute Gasteiger partial charge is 0.164 e. The molecule has 100 valence electrons. The fourth-order valence-corrected chi connectivity index (χ4v) is 3.03. The van der Waals surface area contributed by atoms with Gasteiger partial charge >= 0.3 is 0 Å². The van der Waals surface area contributed by atoms with E-state index in [2.05, 4.69) is 38.3 Å². The Labute approximate surface area is 126 Å². The molecule has 0 aliphatic carbocycles. The Hall–Kier alpha value is -0.970. The lowest BCUT2D eigenvalue weighted by Gasteiger charge is -2.14. The number of hydrogen-bond donors (Lipinski definition) is 0. The van der Waals surface area contributed by atoms with Gasteiger partial charge in [0.05, 0.1) is 0 Å². The second-order valence-electron chi connectivity index (χ2n) is 4.50. The highest BCUT2D eigenvalue weighted by atomic mass is 79.9. The summed E-state index contributed by atoms with van der Waals surface area (Å²) in [6.45, 7) is 1.69. The lowest BCUT2D eigenvalue weighted by Crippen LogP contribution is -2.21. The molecule has 2 nitrogen and oxygen atoms in total. The van der Waals surface area contributed by atoms with E-state index in [4.69, 9.17) is 0 Å². The van der Waals surface area contributed by atoms with Crippen molar-refractivity contribution in [2.75, 3.05) is 13.6 Å². The van der Waals surface area contributed by atoms with Gasteiger partial charge in [0.15, 0.2) is 5.78 Å². The molecule has 0 bridgehead atoms. The first-order valence-electron chi connectivity index (χ1n) is 6.15. The molecular weight excluding hydrogens is 322 g/mol. The zero-order chi connectivity index (χ0) is 13.7. The number of ketones is 1. The van der Waals surface area contributed by atoms with Gasteiger partial charge in [-0.05, 0) is 30.6 Å². The van der Waals surface area contributed by atoms with Gasteiger partial charge in [-0.3, -0.25) is 4.79 Å². The SMILES string of the molecule is CN(CCC(=O)c1cccc(Br)c1)Cc1cccs1. The molecule has 0 aliphatic heterocycles. The van der Waals surface area contributed by atoms with E-state index in [0.717, 1.165) is 23.1 Å². The molecule has 4 heteroatoms. The molecule has 0 N–H and O–H groups in total. The van der Waals surface area contributed by atoms with Crippen LogP contribution in [-0.2, 0) is 6.54 Å². The highest BCUT2D eigenvalue weighted by Gasteiger charge is 2.08. The van der Waals surface area contributed by atoms with E-state index < -0.39 is 0 Å². The molecule has 0 saturated carbocycles. The van der Waals surface area contributed by atoms with E-state index in [1.807, 2.05) is 31.3 Å². The molecule has 2 rings (SSSR count). The minimum absolute atomic E-state index is 0.194. The molecule has 0 aliphatic rings. The first-order valence-corrected chi connectivity index (χ1v) is 7.82. The molecule has 2 aromatic rings. The Morgan fingerprint density at radius 1 is 1.32 bits per heavy atom. The van der Waals surface area contributed by atoms with Crippen LogP contribution in [0.25, 0.3) is 0 Å². The van der Waals surface area contributed by atoms with Gasteiger partial charge in [-0.25, -0.2) is 0 Å². The van der Waals surface area contributed by atoms with Crippen molar-refractivity contribution in [2.45, 2.75) is 13.0 Å². The lowest BCUT2D eigenvalue weighted by atomic mass is 10.1. The van der Waals surface area contributed by atoms with Crippen LogP contribution in [0.1, 0.15) is 21.7 Å². The maximum atomic E-state index is 12.1. The third-order valence-electron chi connectivity index (χ3n) is 2.87. The average molecular weight is 338 g/mol. The summed E-state index contributed by atoms with van der Waals surface area (Å²) in [6, 6.07) is 11.7. The van der Waals surface area contributed by atoms with E-state index in [1.54, 1.807) is 11.3 Å². The van der Waals surface area contributed by atoms with Crippen LogP contribution in [0.5, 0.6) is 0 Å². The number of benzene rings is 1. The fraction of sp³-hybridized carbons (Fsp3) is 0.267. The molecule has 0 fully saturated rings. The number of carbonyl (C=O) groups is 1. The van der Waals surface area contributed by atoms with Crippen molar-refractivity contribution in [3.05, 3.63) is 56.7 Å². The number of thiophene rings is 1. The molecule has 1 aromatic heterocycles. The van der Waals surface area contributed by atoms with E-state index >= 15 is 0 Å². The number of nitrogens with zero attached hydrogens (tertiary/aromatic N) is 1. The first-order chi connectivity index (χ1) is 9.15. The van der Waals surface area contributed by atoms with Crippen LogP contribution in [0.3, 0.4) is 0 Å². The van der Waals surface area contributed by atoms with Crippen molar-refractivity contribution in [3.8, 4) is 0 Å². The Morgan fingerprint density at radius 3 is 2.84 bits per heavy atom. The molecule has 0 spiro atoms. The van der Waals surface area contributed by atoms with Gasteiger partial charge in [0, 0.05) is 34.4 Å². The van der Waals surface area contributed by atoms with Crippen LogP contribution in [0, 0.1) is 0 Å². The van der Waals surface area contributed by atoms with Crippen LogP contribution < -0.4 is 0 Å². The summed E-state index contributed by atoms with van der Waals surface area (Å²) in [5, 5.41) is 2.08. The number of carbonyl (C=O) groups excluding carboxylic acids is 1. The van der Waals surface area contributed by atoms with Gasteiger partial charge in [-0.1, -0.05) is 34.1 Å². The monoisotopic (exact) mass is 337 g/mol. The van der Waals surface area contributed by atoms with Crippen LogP contribution >= 0.6 is 27.3 Å². The molecule has 0 unspecified atom stereocenters. The van der Waals surface area contributed by atoms with Gasteiger partial charge in [0.2, 0.25) is 0 Å². The normalized spacial score (nSPS) is 10.9. The third-order valence-corrected chi connectivity index (χ3v) is 4.23. The first kappa shape index (κ1) is 14.4. The van der Waals surface area contributed by atoms with E-state index in [9.17, 15) is 4.79 Å². The summed E-state index contributed by atoms with van der Waals surface area (Å²) >= 11 is 5.14. The number of Topliss-reactive ketones (excluding diaryl/α,β-unsaturated/α-hetero) is 1. The predicted octanol–water partition coefficient (Wildman–Crippen LogP) is 4.22. The Kier molecular flexibility index (Phi) is 5.31. The largest absolute Gasteiger partial charge is 0.301 e. The minimum Gasteiger partial charge on any atom is -0.301 e. The van der Waals surface area contributed by atoms with Gasteiger partial charge in [0.25, 0.3) is 0 Å². The predicted molar refractivity (Wildman–Crippen MR) is 83.7 cm³/mol. The maximum Gasteiger partial charge on any atom is 0.164 e. The summed E-state index contributed by atoms with van der Waals surface area (Å²) in [6.07, 6.45) is 0.554. The van der Waals surface area contributed by atoms with Crippen LogP contribution in [0.4, 0.5) is 0 Å². The standard InChI is InChI=1S/C15H16BrNOS/c1-17(11-14-6-3-9-19-14)8-7-15(18)12-4-2-5-13(16)10-12/h2-6,9-10H,7-8,11H2,1H3. The van der Waals surface area contributed by atoms with Gasteiger partial charge < -0.3 is 4.90 Å². The summed E-state index contributed by atoms with van der Waals surface area (Å²) in [4.78, 5) is 15.6. The molecule has 0 atom stereocenters. The van der Waals surface area contributed by atoms with Crippen LogP contribution in [0.15, 0.2) is 46.3 Å². The van der Waals surface area contributed by atoms with Crippen molar-refractivity contribution >= 4 is 33.0 Å². The molecule has 19 heavy (non-hydrogen) atoms. The van der Waals surface area contributed by atoms with Gasteiger partial charge in [-0.2, -0.15) is 0 Å². The summed E-state index contributed by atoms with van der Waals surface area (Å²) in [7, 11) is 2.05. The lowest BCUT2D eigenvalue weighted by molar-refractivity contribution is 0.0968. The number of rotatable bonds is 6. The van der Waals surface area contributed by atoms with Crippen molar-refractivity contribution in [2.24, 2.45) is 0 Å². The quantitative estimate of drug-likeness (QED) is 0.735. The Morgan fingerprint density at radius 2 is 2.16 bits per heavy atom. The third kappa shape index (κ3) is 4.56. The topological polar surface area (TPSA) is 20.3 Å². The fourth-order valence-electron chi connectivity index (χ4n) is 1.85. The van der Waals surface area contributed by atoms with Crippen molar-refractivity contribution in [1.29, 1.82) is 0 Å². The van der Waals surface area contributed by atoms with Crippen molar-refractivity contribution in [1.82, 2.24) is 4.90 Å². The summed E-state index contributed by atoms with van der Waals surface area (Å²) in [5.74, 6) is 0.194. The summed E-state index contributed by atoms with van der Waals surface area (Å²) in [5.41, 5.74) is 0.777. The maximum absolute atomic E-state index is 12.1. The van der Waals surface area contributed by atoms with Crippen molar-refractivity contribution < 1.29 is 4.79 Å². The van der Waals surface area contributed by atoms with Crippen molar-refractivity contribution in [3.63, 3.8) is 0 Å². The zero-order valence-corrected chi connectivity index (χ0v) is 13.2. The second-order valence-corrected chi connectivity index (χ2v) is 6.45. The van der Waals surface area contributed by atoms with E-state index in [-0.39, 0.29) is 5.78 Å². The summed E-state index contributed by atoms with van der Waals surface area (Å²) < 4.78 is 0.949. The molecule has 0 radical (unpaired) electrons. The van der Waals surface area contributed by atoms with Crippen LogP contribution in [0.2, 0.25) is 0 Å². The molecular formula is C15H16BrNOS. The molecule has 1 aromatic carbocycles. The minimum atomic E-state index is 0.194. The molecule has 1 heterocycles. The Bertz CT molecular complexity index is 539. The average Bonchev–Trinajstić information content (AvgIpc) is 2.88. The van der Waals surface area contributed by atoms with E-state index in [1.165, 1.54) is 4.88 Å². The number of halogens is 1. The molecule has 0 saturated heterocycles. The number of hydrogen-bond acceptors (Lipinski definition) is 3. The van der Waals surface area contributed by atoms with E-state index in [0.29, 0.717) is 6.42 Å². The highest BCUT2D eigenvalue weighted by molar-refractivity contribution is 9.10. The van der Waals surface area contributed by atoms with Gasteiger partial charge in [-0.15, -0.1) is 11.3 Å². The zero-order valence-electron chi connectivity index (χ0n) is 10.8. The van der Waals surface area contributed by atoms with Gasteiger partial charge in [0.1, 0.15) is 0 Å².